The minimum absolute atomic E-state index is 0.135. The number of amides is 3. The van der Waals surface area contributed by atoms with Crippen LogP contribution in [0.15, 0.2) is 107 Å². The maximum absolute atomic E-state index is 15.3. The number of anilines is 6. The highest BCUT2D eigenvalue weighted by Gasteiger charge is 2.40. The second-order valence-corrected chi connectivity index (χ2v) is 35.0. The van der Waals surface area contributed by atoms with Crippen LogP contribution in [-0.4, -0.2) is 153 Å². The van der Waals surface area contributed by atoms with Gasteiger partial charge in [0, 0.05) is 112 Å². The van der Waals surface area contributed by atoms with Gasteiger partial charge in [-0.05, 0) is 131 Å². The second-order valence-electron chi connectivity index (χ2n) is 33.8. The van der Waals surface area contributed by atoms with E-state index < -0.39 is 152 Å². The van der Waals surface area contributed by atoms with E-state index in [-0.39, 0.29) is 196 Å². The van der Waals surface area contributed by atoms with Crippen LogP contribution < -0.4 is 48.6 Å². The molecule has 0 spiro atoms. The summed E-state index contributed by atoms with van der Waals surface area (Å²) in [5, 5.41) is 30.4. The predicted molar refractivity (Wildman–Crippen MR) is 501 cm³/mol. The summed E-state index contributed by atoms with van der Waals surface area (Å²) in [7, 11) is 0. The molecule has 138 heavy (non-hydrogen) atoms. The lowest BCUT2D eigenvalue weighted by molar-refractivity contribution is -0.129. The molecule has 15 rings (SSSR count). The normalized spacial score (nSPS) is 15.0. The largest absolute Gasteiger partial charge is 0.394 e. The Bertz CT molecular complexity index is 6780. The van der Waals surface area contributed by atoms with Gasteiger partial charge >= 0.3 is 0 Å². The number of nitrogen functional groups attached to an aromatic ring is 3. The second kappa shape index (κ2) is 39.4. The van der Waals surface area contributed by atoms with Gasteiger partial charge in [-0.2, -0.15) is 15.8 Å². The zero-order chi connectivity index (χ0) is 101. The summed E-state index contributed by atoms with van der Waals surface area (Å²) < 4.78 is 181. The number of pyridine rings is 9. The van der Waals surface area contributed by atoms with Gasteiger partial charge in [0.25, 0.3) is 16.7 Å². The van der Waals surface area contributed by atoms with E-state index in [1.807, 2.05) is 59.8 Å². The summed E-state index contributed by atoms with van der Waals surface area (Å²) in [6.07, 6.45) is 8.24. The molecule has 3 aliphatic heterocycles. The molecule has 3 fully saturated rings. The highest BCUT2D eigenvalue weighted by molar-refractivity contribution is 6.35. The lowest BCUT2D eigenvalue weighted by Gasteiger charge is -2.41. The minimum Gasteiger partial charge on any atom is -0.394 e. The third kappa shape index (κ3) is 17.3. The molecular weight excluding hydrogens is 1880 g/mol. The van der Waals surface area contributed by atoms with Crippen LogP contribution in [0.1, 0.15) is 131 Å². The number of halogens is 15. The number of piperazine rings is 3. The fourth-order valence-electron chi connectivity index (χ4n) is 17.5. The van der Waals surface area contributed by atoms with E-state index in [0.29, 0.717) is 33.8 Å². The highest BCUT2D eigenvalue weighted by atomic mass is 35.5. The van der Waals surface area contributed by atoms with Crippen molar-refractivity contribution >= 4 is 120 Å². The van der Waals surface area contributed by atoms with Crippen molar-refractivity contribution in [3.8, 4) is 69.0 Å². The van der Waals surface area contributed by atoms with Crippen molar-refractivity contribution in [2.75, 3.05) is 90.8 Å². The molecule has 6 N–H and O–H groups in total. The monoisotopic (exact) mass is 1960 g/mol. The van der Waals surface area contributed by atoms with Gasteiger partial charge in [-0.15, -0.1) is 0 Å². The molecule has 714 valence electrons. The van der Waals surface area contributed by atoms with Crippen LogP contribution in [0.25, 0.3) is 83.9 Å². The first-order valence-electron chi connectivity index (χ1n) is 42.6. The van der Waals surface area contributed by atoms with Gasteiger partial charge in [0.05, 0.1) is 100 Å². The standard InChI is InChI=1S/3C32H28ClF4N7O2/c3*1-6-20(45)43-10-9-42(13-16(43)5)30-17-11-19(33)28(21-22(34)24(36)25(37)26(39)23(21)35)41-31(17)44(32(46)18(30)12-38)29-15(4)7-8-40-27(29)14(2)3/h3*6-8,11,14,16H,1,9-10,13,39H2,2-5H3/t3*16-/m111/s1. The van der Waals surface area contributed by atoms with E-state index in [9.17, 15) is 70.9 Å². The quantitative estimate of drug-likeness (QED) is 0.0282. The zero-order valence-corrected chi connectivity index (χ0v) is 78.0. The van der Waals surface area contributed by atoms with Gasteiger partial charge in [0.1, 0.15) is 68.9 Å². The Kier molecular flexibility index (Phi) is 28.7. The summed E-state index contributed by atoms with van der Waals surface area (Å²) in [5.41, 5.74) is 7.53. The van der Waals surface area contributed by atoms with Crippen molar-refractivity contribution in [2.24, 2.45) is 0 Å². The fourth-order valence-corrected chi connectivity index (χ4v) is 18.2. The Hall–Kier alpha value is -14.9. The van der Waals surface area contributed by atoms with Gasteiger partial charge in [0.15, 0.2) is 69.8 Å². The first kappa shape index (κ1) is 101. The van der Waals surface area contributed by atoms with Gasteiger partial charge < -0.3 is 46.6 Å². The number of fused-ring (bicyclic) bond motifs is 3. The molecule has 0 radical (unpaired) electrons. The Balaban J connectivity index is 0.000000175. The van der Waals surface area contributed by atoms with Crippen LogP contribution in [0.2, 0.25) is 15.1 Å². The number of nitriles is 3. The lowest BCUT2D eigenvalue weighted by atomic mass is 10.0. The average Bonchev–Trinajstić information content (AvgIpc) is 0.726. The van der Waals surface area contributed by atoms with E-state index in [4.69, 9.17) is 52.0 Å². The first-order valence-corrected chi connectivity index (χ1v) is 43.7. The van der Waals surface area contributed by atoms with Crippen LogP contribution in [-0.2, 0) is 14.4 Å². The van der Waals surface area contributed by atoms with Crippen molar-refractivity contribution in [3.63, 3.8) is 0 Å². The number of hydrogen-bond donors (Lipinski definition) is 3. The van der Waals surface area contributed by atoms with Crippen molar-refractivity contribution in [2.45, 2.75) is 119 Å². The van der Waals surface area contributed by atoms with Crippen molar-refractivity contribution < 1.29 is 67.1 Å². The third-order valence-corrected chi connectivity index (χ3v) is 25.0. The number of aryl methyl sites for hydroxylation is 3. The number of carbonyl (C=O) groups excluding carboxylic acids is 3. The Labute approximate surface area is 794 Å². The molecule has 0 bridgehead atoms. The molecule has 12 aromatic rings. The molecule has 3 amide bonds. The zero-order valence-electron chi connectivity index (χ0n) is 75.8. The van der Waals surface area contributed by atoms with Crippen molar-refractivity contribution in [1.82, 2.24) is 58.3 Å². The van der Waals surface area contributed by atoms with Crippen molar-refractivity contribution in [1.29, 1.82) is 15.8 Å². The molecule has 42 heteroatoms. The van der Waals surface area contributed by atoms with E-state index in [2.05, 4.69) is 49.6 Å². The molecule has 0 unspecified atom stereocenters. The molecular formula is C96H84Cl3F12N21O6. The number of nitrogens with zero attached hydrogens (tertiary/aromatic N) is 18. The van der Waals surface area contributed by atoms with Crippen LogP contribution in [0, 0.1) is 125 Å². The van der Waals surface area contributed by atoms with Crippen LogP contribution in [0.4, 0.5) is 86.8 Å². The molecule has 3 atom stereocenters. The molecule has 3 saturated heterocycles. The maximum atomic E-state index is 15.3. The van der Waals surface area contributed by atoms with E-state index >= 15 is 26.3 Å². The molecule has 3 aliphatic rings. The minimum atomic E-state index is -2.03. The third-order valence-electron chi connectivity index (χ3n) is 24.1. The lowest BCUT2D eigenvalue weighted by Crippen LogP contribution is -2.54. The van der Waals surface area contributed by atoms with Gasteiger partial charge in [-0.3, -0.25) is 57.4 Å². The van der Waals surface area contributed by atoms with Crippen LogP contribution in [0.5, 0.6) is 0 Å². The summed E-state index contributed by atoms with van der Waals surface area (Å²) >= 11 is 19.7. The predicted octanol–water partition coefficient (Wildman–Crippen LogP) is 17.3. The Morgan fingerprint density at radius 2 is 0.623 bits per heavy atom. The topological polar surface area (TPSA) is 363 Å². The highest BCUT2D eigenvalue weighted by Crippen LogP contribution is 2.47. The molecule has 9 aromatic heterocycles. The van der Waals surface area contributed by atoms with Crippen molar-refractivity contribution in [3.05, 3.63) is 259 Å². The summed E-state index contributed by atoms with van der Waals surface area (Å²) in [6, 6.07) is 13.6. The fraction of sp³-hybridized carbons (Fsp3) is 0.281. The van der Waals surface area contributed by atoms with Gasteiger partial charge in [-0.1, -0.05) is 96.1 Å². The van der Waals surface area contributed by atoms with Gasteiger partial charge in [-0.25, -0.2) is 67.6 Å². The van der Waals surface area contributed by atoms with E-state index in [0.717, 1.165) is 13.7 Å². The van der Waals surface area contributed by atoms with Crippen LogP contribution in [0.3, 0.4) is 0 Å². The SMILES string of the molecule is C=CC(=O)N1CCN(c2c(C#N)c(=O)n(-c3c(C)ccnc3C(C)C)c3nc(-c4c(F)c(N)c(F)c(F)c4F)c(Cl)cc23)C[C@H]1C.C=CC(=O)N1CCN(c2c(C#N)c(=O)n(-c3c(C)ccnc3C(C)C)c3nc(-c4c(F)c(N)c(F)c(F)c4F)c(Cl)cc23)C[C@H]1C.C=CC(=O)N1CCN(c2c(C#N)c(=O)n(-c3c(C)ccnc3C(C)C)c3nc(-c4c(F)c(N)c(F)c(F)c4F)c(Cl)cc23)C[C@H]1C. The molecule has 3 aromatic carbocycles. The number of benzene rings is 3. The number of nitrogens with two attached hydrogens (primary N) is 3. The summed E-state index contributed by atoms with van der Waals surface area (Å²) in [5.74, 6) is -24.0. The molecule has 0 aliphatic carbocycles. The van der Waals surface area contributed by atoms with Gasteiger partial charge in [0.2, 0.25) is 17.7 Å². The Morgan fingerprint density at radius 3 is 0.826 bits per heavy atom. The number of carbonyl (C=O) groups is 3. The summed E-state index contributed by atoms with van der Waals surface area (Å²) in [6.45, 7) is 34.0. The number of aromatic nitrogens is 9. The number of hydrogen-bond acceptors (Lipinski definition) is 21. The average molecular weight is 1960 g/mol. The molecule has 27 nitrogen and oxygen atoms in total. The smallest absolute Gasteiger partial charge is 0.276 e. The van der Waals surface area contributed by atoms with E-state index in [1.54, 1.807) is 108 Å². The number of rotatable bonds is 15. The summed E-state index contributed by atoms with van der Waals surface area (Å²) in [4.78, 5) is 117. The first-order chi connectivity index (χ1) is 65.2. The molecule has 0 saturated carbocycles. The Morgan fingerprint density at radius 1 is 0.391 bits per heavy atom. The van der Waals surface area contributed by atoms with Crippen LogP contribution >= 0.6 is 34.8 Å². The van der Waals surface area contributed by atoms with E-state index in [1.165, 1.54) is 36.4 Å². The molecule has 12 heterocycles. The maximum Gasteiger partial charge on any atom is 0.276 e.